The second-order valence-electron chi connectivity index (χ2n) is 7.72. The fourth-order valence-electron chi connectivity index (χ4n) is 2.81. The molecule has 0 fully saturated rings. The molecule has 0 bridgehead atoms. The summed E-state index contributed by atoms with van der Waals surface area (Å²) in [5, 5.41) is 0. The zero-order chi connectivity index (χ0) is 18.5. The average molecular weight is 342 g/mol. The van der Waals surface area contributed by atoms with E-state index in [0.29, 0.717) is 13.2 Å². The Hall–Kier alpha value is -2.00. The van der Waals surface area contributed by atoms with Gasteiger partial charge in [-0.3, -0.25) is 0 Å². The minimum absolute atomic E-state index is 0.0533. The molecule has 2 aromatic carbocycles. The molecule has 0 atom stereocenters. The van der Waals surface area contributed by atoms with Crippen LogP contribution >= 0.6 is 0 Å². The molecule has 0 radical (unpaired) electrons. The molecule has 25 heavy (non-hydrogen) atoms. The molecule has 3 nitrogen and oxygen atoms in total. The van der Waals surface area contributed by atoms with Crippen molar-refractivity contribution in [3.05, 3.63) is 59.7 Å². The molecule has 0 spiro atoms. The Balaban J connectivity index is 1.96. The van der Waals surface area contributed by atoms with Crippen molar-refractivity contribution < 1.29 is 14.2 Å². The summed E-state index contributed by atoms with van der Waals surface area (Å²) in [5.74, 6) is 1.75. The van der Waals surface area contributed by atoms with E-state index < -0.39 is 0 Å². The molecule has 3 heteroatoms. The van der Waals surface area contributed by atoms with E-state index in [9.17, 15) is 0 Å². The van der Waals surface area contributed by atoms with Gasteiger partial charge in [-0.05, 0) is 35.4 Å². The van der Waals surface area contributed by atoms with Crippen LogP contribution in [0.15, 0.2) is 48.5 Å². The third-order valence-corrected chi connectivity index (χ3v) is 4.67. The first kappa shape index (κ1) is 19.3. The standard InChI is InChI=1S/C22H30O3/c1-21(2,17-7-11-19(23-5)12-8-17)15-25-16-22(3,4)18-9-13-20(24-6)14-10-18/h7-14H,15-16H2,1-6H3. The molecule has 0 aliphatic heterocycles. The van der Waals surface area contributed by atoms with Crippen LogP contribution in [0.4, 0.5) is 0 Å². The number of rotatable bonds is 8. The van der Waals surface area contributed by atoms with E-state index in [1.807, 2.05) is 24.3 Å². The van der Waals surface area contributed by atoms with E-state index in [1.54, 1.807) is 14.2 Å². The summed E-state index contributed by atoms with van der Waals surface area (Å²) in [4.78, 5) is 0. The maximum Gasteiger partial charge on any atom is 0.118 e. The fourth-order valence-corrected chi connectivity index (χ4v) is 2.81. The number of hydrogen-bond donors (Lipinski definition) is 0. The van der Waals surface area contributed by atoms with Gasteiger partial charge < -0.3 is 14.2 Å². The maximum atomic E-state index is 6.12. The lowest BCUT2D eigenvalue weighted by molar-refractivity contribution is 0.0633. The van der Waals surface area contributed by atoms with Crippen LogP contribution in [0.1, 0.15) is 38.8 Å². The predicted octanol–water partition coefficient (Wildman–Crippen LogP) is 4.98. The maximum absolute atomic E-state index is 6.12. The minimum Gasteiger partial charge on any atom is -0.497 e. The number of methoxy groups -OCH3 is 2. The van der Waals surface area contributed by atoms with Crippen LogP contribution in [0.25, 0.3) is 0 Å². The highest BCUT2D eigenvalue weighted by Crippen LogP contribution is 2.29. The van der Waals surface area contributed by atoms with Crippen LogP contribution in [0, 0.1) is 0 Å². The van der Waals surface area contributed by atoms with Crippen LogP contribution in [0.2, 0.25) is 0 Å². The Morgan fingerprint density at radius 1 is 0.600 bits per heavy atom. The second-order valence-corrected chi connectivity index (χ2v) is 7.72. The number of hydrogen-bond acceptors (Lipinski definition) is 3. The molecule has 0 aliphatic rings. The zero-order valence-corrected chi connectivity index (χ0v) is 16.3. The molecule has 2 aromatic rings. The van der Waals surface area contributed by atoms with Gasteiger partial charge in [0, 0.05) is 10.8 Å². The van der Waals surface area contributed by atoms with Crippen molar-refractivity contribution in [1.82, 2.24) is 0 Å². The summed E-state index contributed by atoms with van der Waals surface area (Å²) in [7, 11) is 3.37. The highest BCUT2D eigenvalue weighted by atomic mass is 16.5. The number of benzene rings is 2. The molecule has 0 heterocycles. The Kier molecular flexibility index (Phi) is 6.12. The van der Waals surface area contributed by atoms with Gasteiger partial charge in [-0.1, -0.05) is 52.0 Å². The van der Waals surface area contributed by atoms with Crippen molar-refractivity contribution in [2.75, 3.05) is 27.4 Å². The summed E-state index contributed by atoms with van der Waals surface area (Å²) >= 11 is 0. The summed E-state index contributed by atoms with van der Waals surface area (Å²) in [6, 6.07) is 16.4. The Labute approximate surface area is 151 Å². The largest absolute Gasteiger partial charge is 0.497 e. The highest BCUT2D eigenvalue weighted by molar-refractivity contribution is 5.32. The molecular weight excluding hydrogens is 312 g/mol. The summed E-state index contributed by atoms with van der Waals surface area (Å²) in [6.45, 7) is 10.1. The number of ether oxygens (including phenoxy) is 3. The summed E-state index contributed by atoms with van der Waals surface area (Å²) in [5.41, 5.74) is 2.39. The van der Waals surface area contributed by atoms with Crippen molar-refractivity contribution >= 4 is 0 Å². The fraction of sp³-hybridized carbons (Fsp3) is 0.455. The van der Waals surface area contributed by atoms with Gasteiger partial charge in [0.05, 0.1) is 27.4 Å². The molecule has 0 aliphatic carbocycles. The van der Waals surface area contributed by atoms with Crippen LogP contribution in [-0.4, -0.2) is 27.4 Å². The van der Waals surface area contributed by atoms with Crippen LogP contribution in [-0.2, 0) is 15.6 Å². The first-order valence-electron chi connectivity index (χ1n) is 8.65. The smallest absolute Gasteiger partial charge is 0.118 e. The Morgan fingerprint density at radius 3 is 1.20 bits per heavy atom. The normalized spacial score (nSPS) is 12.1. The molecule has 136 valence electrons. The van der Waals surface area contributed by atoms with Gasteiger partial charge in [0.15, 0.2) is 0 Å². The van der Waals surface area contributed by atoms with Gasteiger partial charge in [-0.2, -0.15) is 0 Å². The average Bonchev–Trinajstić information content (AvgIpc) is 2.61. The van der Waals surface area contributed by atoms with Gasteiger partial charge in [0.25, 0.3) is 0 Å². The Bertz CT molecular complexity index is 595. The highest BCUT2D eigenvalue weighted by Gasteiger charge is 2.25. The second kappa shape index (κ2) is 7.92. The van der Waals surface area contributed by atoms with Crippen molar-refractivity contribution in [1.29, 1.82) is 0 Å². The van der Waals surface area contributed by atoms with Gasteiger partial charge >= 0.3 is 0 Å². The van der Waals surface area contributed by atoms with Gasteiger partial charge in [0.2, 0.25) is 0 Å². The third-order valence-electron chi connectivity index (χ3n) is 4.67. The third kappa shape index (κ3) is 4.99. The van der Waals surface area contributed by atoms with Crippen molar-refractivity contribution in [2.24, 2.45) is 0 Å². The van der Waals surface area contributed by atoms with Crippen LogP contribution in [0.3, 0.4) is 0 Å². The molecule has 0 saturated carbocycles. The van der Waals surface area contributed by atoms with E-state index in [1.165, 1.54) is 11.1 Å². The SMILES string of the molecule is COc1ccc(C(C)(C)COCC(C)(C)c2ccc(OC)cc2)cc1. The van der Waals surface area contributed by atoms with E-state index in [-0.39, 0.29) is 10.8 Å². The van der Waals surface area contributed by atoms with Gasteiger partial charge in [-0.15, -0.1) is 0 Å². The molecule has 0 saturated heterocycles. The topological polar surface area (TPSA) is 27.7 Å². The van der Waals surface area contributed by atoms with Crippen LogP contribution in [0.5, 0.6) is 11.5 Å². The molecule has 0 amide bonds. The van der Waals surface area contributed by atoms with Crippen molar-refractivity contribution in [3.8, 4) is 11.5 Å². The minimum atomic E-state index is -0.0533. The van der Waals surface area contributed by atoms with E-state index in [0.717, 1.165) is 11.5 Å². The Morgan fingerprint density at radius 2 is 0.920 bits per heavy atom. The monoisotopic (exact) mass is 342 g/mol. The lowest BCUT2D eigenvalue weighted by Gasteiger charge is -2.30. The van der Waals surface area contributed by atoms with E-state index in [2.05, 4.69) is 52.0 Å². The summed E-state index contributed by atoms with van der Waals surface area (Å²) in [6.07, 6.45) is 0. The first-order valence-corrected chi connectivity index (χ1v) is 8.65. The molecule has 0 unspecified atom stereocenters. The van der Waals surface area contributed by atoms with Gasteiger partial charge in [-0.25, -0.2) is 0 Å². The quantitative estimate of drug-likeness (QED) is 0.677. The lowest BCUT2D eigenvalue weighted by Crippen LogP contribution is -2.30. The first-order chi connectivity index (χ1) is 11.8. The van der Waals surface area contributed by atoms with Crippen molar-refractivity contribution in [2.45, 2.75) is 38.5 Å². The lowest BCUT2D eigenvalue weighted by atomic mass is 9.84. The van der Waals surface area contributed by atoms with E-state index in [4.69, 9.17) is 14.2 Å². The zero-order valence-electron chi connectivity index (χ0n) is 16.3. The molecule has 0 aromatic heterocycles. The van der Waals surface area contributed by atoms with E-state index >= 15 is 0 Å². The van der Waals surface area contributed by atoms with Crippen molar-refractivity contribution in [3.63, 3.8) is 0 Å². The van der Waals surface area contributed by atoms with Gasteiger partial charge in [0.1, 0.15) is 11.5 Å². The summed E-state index contributed by atoms with van der Waals surface area (Å²) < 4.78 is 16.6. The molecular formula is C22H30O3. The van der Waals surface area contributed by atoms with Crippen LogP contribution < -0.4 is 9.47 Å². The molecule has 0 N–H and O–H groups in total. The predicted molar refractivity (Wildman–Crippen MR) is 103 cm³/mol. The molecule has 2 rings (SSSR count).